The second kappa shape index (κ2) is 14.5. The number of rotatable bonds is 10. The van der Waals surface area contributed by atoms with Gasteiger partial charge in [-0.2, -0.15) is 0 Å². The lowest BCUT2D eigenvalue weighted by atomic mass is 9.70. The molecule has 5 rings (SSSR count). The van der Waals surface area contributed by atoms with Gasteiger partial charge in [-0.15, -0.1) is 0 Å². The van der Waals surface area contributed by atoms with E-state index in [1.807, 2.05) is 57.2 Å². The molecule has 0 spiro atoms. The Morgan fingerprint density at radius 3 is 2.08 bits per heavy atom. The first-order chi connectivity index (χ1) is 23.4. The van der Waals surface area contributed by atoms with Gasteiger partial charge in [-0.1, -0.05) is 72.1 Å². The number of halogens is 2. The second-order valence-electron chi connectivity index (χ2n) is 13.2. The van der Waals surface area contributed by atoms with E-state index in [2.05, 4.69) is 4.90 Å². The van der Waals surface area contributed by atoms with Gasteiger partial charge in [-0.25, -0.2) is 21.6 Å². The molecule has 3 aromatic rings. The minimum Gasteiger partial charge on any atom is -0.496 e. The zero-order valence-electron chi connectivity index (χ0n) is 29.2. The summed E-state index contributed by atoms with van der Waals surface area (Å²) in [6.07, 6.45) is 1.60. The van der Waals surface area contributed by atoms with Crippen molar-refractivity contribution >= 4 is 54.7 Å². The molecule has 2 heterocycles. The number of carbonyl (C=O) groups excluding carboxylic acids is 1. The van der Waals surface area contributed by atoms with E-state index in [9.17, 15) is 16.8 Å². The molecule has 2 atom stereocenters. The summed E-state index contributed by atoms with van der Waals surface area (Å²) in [4.78, 5) is 26.0. The maximum absolute atomic E-state index is 15.1. The van der Waals surface area contributed by atoms with Gasteiger partial charge in [0, 0.05) is 49.3 Å². The number of benzene rings is 3. The van der Waals surface area contributed by atoms with Gasteiger partial charge in [0.2, 0.25) is 0 Å². The van der Waals surface area contributed by atoms with Crippen LogP contribution < -0.4 is 4.74 Å². The molecule has 50 heavy (non-hydrogen) atoms. The molecule has 0 N–H and O–H groups in total. The number of amidine groups is 1. The molecule has 10 nitrogen and oxygen atoms in total. The number of ether oxygens (including phenoxy) is 1. The molecule has 1 saturated heterocycles. The van der Waals surface area contributed by atoms with Gasteiger partial charge in [0.05, 0.1) is 28.3 Å². The number of sulfone groups is 2. The van der Waals surface area contributed by atoms with Crippen LogP contribution >= 0.6 is 23.2 Å². The monoisotopic (exact) mass is 762 g/mol. The summed E-state index contributed by atoms with van der Waals surface area (Å²) in [5, 5.41) is 0.528. The Labute approximate surface area is 305 Å². The smallest absolute Gasteiger partial charge is 0.326 e. The number of nitrogens with zero attached hydrogens (tertiary/aromatic N) is 4. The Hall–Kier alpha value is -3.16. The van der Waals surface area contributed by atoms with Crippen molar-refractivity contribution in [1.82, 2.24) is 14.7 Å². The summed E-state index contributed by atoms with van der Waals surface area (Å²) < 4.78 is 55.7. The molecule has 270 valence electrons. The Morgan fingerprint density at radius 1 is 0.920 bits per heavy atom. The highest BCUT2D eigenvalue weighted by Gasteiger charge is 2.60. The maximum Gasteiger partial charge on any atom is 0.326 e. The van der Waals surface area contributed by atoms with E-state index in [1.54, 1.807) is 28.9 Å². The second-order valence-corrected chi connectivity index (χ2v) is 18.5. The van der Waals surface area contributed by atoms with Crippen molar-refractivity contribution in [1.29, 1.82) is 0 Å². The lowest BCUT2D eigenvalue weighted by Gasteiger charge is -2.47. The highest BCUT2D eigenvalue weighted by molar-refractivity contribution is 7.91. The predicted octanol–water partition coefficient (Wildman–Crippen LogP) is 6.17. The SMILES string of the molecule is CCS(=O)(=O)CCCN1CCN(C(=O)N2C(c3cc(S(C)(=O)=O)c(Cl)cc3OC)=NC(C)(c3ccc(C)cc3)C2(C)c2ccc(Cl)cc2)CC1. The Kier molecular flexibility index (Phi) is 11.0. The van der Waals surface area contributed by atoms with Crippen LogP contribution in [0.2, 0.25) is 10.0 Å². The summed E-state index contributed by atoms with van der Waals surface area (Å²) in [5.74, 6) is 0.747. The average molecular weight is 764 g/mol. The van der Waals surface area contributed by atoms with Crippen molar-refractivity contribution in [3.05, 3.63) is 93.0 Å². The molecule has 0 radical (unpaired) electrons. The Morgan fingerprint density at radius 2 is 1.52 bits per heavy atom. The van der Waals surface area contributed by atoms with Crippen LogP contribution in [0.25, 0.3) is 0 Å². The topological polar surface area (TPSA) is 117 Å². The van der Waals surface area contributed by atoms with E-state index < -0.39 is 30.8 Å². The summed E-state index contributed by atoms with van der Waals surface area (Å²) in [5.41, 5.74) is 0.740. The number of amides is 2. The van der Waals surface area contributed by atoms with Gasteiger partial charge in [-0.05, 0) is 63.1 Å². The number of hydrogen-bond donors (Lipinski definition) is 0. The van der Waals surface area contributed by atoms with Crippen molar-refractivity contribution in [2.75, 3.05) is 57.6 Å². The van der Waals surface area contributed by atoms with Gasteiger partial charge in [0.15, 0.2) is 9.84 Å². The Balaban J connectivity index is 1.66. The summed E-state index contributed by atoms with van der Waals surface area (Å²) in [6, 6.07) is 17.9. The molecule has 0 aromatic heterocycles. The lowest BCUT2D eigenvalue weighted by Crippen LogP contribution is -2.60. The van der Waals surface area contributed by atoms with E-state index >= 15 is 4.79 Å². The number of methoxy groups -OCH3 is 1. The third-order valence-electron chi connectivity index (χ3n) is 10.1. The minimum absolute atomic E-state index is 0.00538. The van der Waals surface area contributed by atoms with Crippen LogP contribution in [0, 0.1) is 6.92 Å². The summed E-state index contributed by atoms with van der Waals surface area (Å²) in [6.45, 7) is 10.1. The van der Waals surface area contributed by atoms with E-state index in [4.69, 9.17) is 32.9 Å². The van der Waals surface area contributed by atoms with E-state index in [1.165, 1.54) is 19.2 Å². The fourth-order valence-corrected chi connectivity index (χ4v) is 9.09. The largest absolute Gasteiger partial charge is 0.496 e. The highest BCUT2D eigenvalue weighted by atomic mass is 35.5. The molecule has 0 aliphatic carbocycles. The van der Waals surface area contributed by atoms with Crippen LogP contribution in [0.4, 0.5) is 4.79 Å². The van der Waals surface area contributed by atoms with Crippen LogP contribution in [0.15, 0.2) is 70.6 Å². The molecule has 1 fully saturated rings. The van der Waals surface area contributed by atoms with Gasteiger partial charge in [0.1, 0.15) is 32.5 Å². The van der Waals surface area contributed by atoms with E-state index in [-0.39, 0.29) is 39.0 Å². The summed E-state index contributed by atoms with van der Waals surface area (Å²) in [7, 11) is -5.38. The normalized spacial score (nSPS) is 21.7. The first kappa shape index (κ1) is 38.1. The van der Waals surface area contributed by atoms with Gasteiger partial charge < -0.3 is 9.64 Å². The lowest BCUT2D eigenvalue weighted by molar-refractivity contribution is 0.0868. The standard InChI is InChI=1S/C36H44Cl2N4O6S2/c1-7-50(46,47)22-8-17-40-18-20-41(21-19-40)34(43)42-33(29-23-32(49(6,44)45)30(38)24-31(29)48-5)39-35(3,26-11-9-25(2)10-12-26)36(42,4)27-13-15-28(37)16-14-27/h9-16,23-24H,7-8,17-22H2,1-6H3. The molecule has 3 aromatic carbocycles. The quantitative estimate of drug-likeness (QED) is 0.243. The summed E-state index contributed by atoms with van der Waals surface area (Å²) >= 11 is 12.8. The van der Waals surface area contributed by atoms with Crippen LogP contribution in [0.3, 0.4) is 0 Å². The molecule has 2 unspecified atom stereocenters. The number of carbonyl (C=O) groups is 1. The molecule has 14 heteroatoms. The Bertz CT molecular complexity index is 2000. The van der Waals surface area contributed by atoms with Crippen molar-refractivity contribution in [2.45, 2.75) is 50.1 Å². The van der Waals surface area contributed by atoms with E-state index in [0.717, 1.165) is 22.9 Å². The van der Waals surface area contributed by atoms with Crippen LogP contribution in [0.1, 0.15) is 49.4 Å². The van der Waals surface area contributed by atoms with Crippen LogP contribution in [-0.4, -0.2) is 101 Å². The molecule has 0 saturated carbocycles. The predicted molar refractivity (Wildman–Crippen MR) is 199 cm³/mol. The fraction of sp³-hybridized carbons (Fsp3) is 0.444. The highest BCUT2D eigenvalue weighted by Crippen LogP contribution is 2.54. The van der Waals surface area contributed by atoms with Gasteiger partial charge in [0.25, 0.3) is 0 Å². The number of piperazine rings is 1. The average Bonchev–Trinajstić information content (AvgIpc) is 3.32. The van der Waals surface area contributed by atoms with Gasteiger partial charge in [-0.3, -0.25) is 14.8 Å². The number of urea groups is 1. The zero-order chi connectivity index (χ0) is 36.6. The first-order valence-corrected chi connectivity index (χ1v) is 20.9. The molecular formula is C36H44Cl2N4O6S2. The molecule has 0 bridgehead atoms. The minimum atomic E-state index is -3.78. The van der Waals surface area contributed by atoms with Gasteiger partial charge >= 0.3 is 6.03 Å². The van der Waals surface area contributed by atoms with Crippen molar-refractivity contribution < 1.29 is 26.4 Å². The number of aliphatic imine (C=N–C) groups is 1. The van der Waals surface area contributed by atoms with Crippen molar-refractivity contribution in [3.8, 4) is 5.75 Å². The maximum atomic E-state index is 15.1. The third kappa shape index (κ3) is 7.27. The molecular weight excluding hydrogens is 719 g/mol. The first-order valence-electron chi connectivity index (χ1n) is 16.5. The number of aryl methyl sites for hydroxylation is 1. The molecule has 2 aliphatic heterocycles. The van der Waals surface area contributed by atoms with Crippen molar-refractivity contribution in [3.63, 3.8) is 0 Å². The third-order valence-corrected chi connectivity index (χ3v) is 13.7. The molecule has 2 aliphatic rings. The van der Waals surface area contributed by atoms with Crippen molar-refractivity contribution in [2.24, 2.45) is 4.99 Å². The number of hydrogen-bond acceptors (Lipinski definition) is 8. The fourth-order valence-electron chi connectivity index (χ4n) is 6.79. The van der Waals surface area contributed by atoms with Crippen LogP contribution in [0.5, 0.6) is 5.75 Å². The van der Waals surface area contributed by atoms with E-state index in [0.29, 0.717) is 49.7 Å². The zero-order valence-corrected chi connectivity index (χ0v) is 32.4. The molecule has 2 amide bonds. The van der Waals surface area contributed by atoms with Crippen LogP contribution in [-0.2, 0) is 30.8 Å².